The number of hydrogen-bond donors (Lipinski definition) is 0. The summed E-state index contributed by atoms with van der Waals surface area (Å²) in [6.45, 7) is 4.31. The zero-order valence-corrected chi connectivity index (χ0v) is 28.8. The van der Waals surface area contributed by atoms with Crippen LogP contribution in [0.2, 0.25) is 0 Å². The van der Waals surface area contributed by atoms with Gasteiger partial charge in [0.05, 0.1) is 22.1 Å². The maximum atomic E-state index is 5.11. The van der Waals surface area contributed by atoms with E-state index in [1.807, 2.05) is 60.7 Å². The summed E-state index contributed by atoms with van der Waals surface area (Å²) < 4.78 is 4.56. The van der Waals surface area contributed by atoms with E-state index in [9.17, 15) is 0 Å². The third kappa shape index (κ3) is 4.89. The van der Waals surface area contributed by atoms with Crippen LogP contribution < -0.4 is 0 Å². The molecule has 10 aromatic rings. The number of benzene rings is 7. The van der Waals surface area contributed by atoms with Gasteiger partial charge in [-0.2, -0.15) is 9.97 Å². The molecule has 0 bridgehead atoms. The highest BCUT2D eigenvalue weighted by Gasteiger charge is 2.19. The molecule has 3 aromatic heterocycles. The van der Waals surface area contributed by atoms with Gasteiger partial charge >= 0.3 is 0 Å². The molecule has 3 heterocycles. The molecule has 5 nitrogen and oxygen atoms in total. The van der Waals surface area contributed by atoms with Crippen molar-refractivity contribution in [2.45, 2.75) is 13.8 Å². The molecule has 0 fully saturated rings. The van der Waals surface area contributed by atoms with Gasteiger partial charge in [0.1, 0.15) is 0 Å². The van der Waals surface area contributed by atoms with E-state index in [4.69, 9.17) is 15.0 Å². The first-order valence-corrected chi connectivity index (χ1v) is 17.6. The quantitative estimate of drug-likeness (QED) is 0.184. The number of fused-ring (bicyclic) bond motifs is 6. The van der Waals surface area contributed by atoms with Crippen molar-refractivity contribution in [3.63, 3.8) is 0 Å². The molecular weight excluding hydrogens is 635 g/mol. The largest absolute Gasteiger partial charge is 0.309 e. The number of aryl methyl sites for hydroxylation is 2. The molecule has 52 heavy (non-hydrogen) atoms. The van der Waals surface area contributed by atoms with Gasteiger partial charge < -0.3 is 4.57 Å². The molecule has 0 aliphatic carbocycles. The minimum absolute atomic E-state index is 0.592. The van der Waals surface area contributed by atoms with E-state index in [2.05, 4.69) is 126 Å². The van der Waals surface area contributed by atoms with E-state index < -0.39 is 0 Å². The van der Waals surface area contributed by atoms with E-state index in [-0.39, 0.29) is 0 Å². The zero-order valence-electron chi connectivity index (χ0n) is 28.8. The molecule has 0 amide bonds. The summed E-state index contributed by atoms with van der Waals surface area (Å²) in [6.07, 6.45) is 0. The highest BCUT2D eigenvalue weighted by atomic mass is 15.2. The van der Waals surface area contributed by atoms with Crippen molar-refractivity contribution in [3.8, 4) is 45.5 Å². The van der Waals surface area contributed by atoms with Crippen LogP contribution in [-0.4, -0.2) is 24.1 Å². The smallest absolute Gasteiger partial charge is 0.238 e. The van der Waals surface area contributed by atoms with E-state index in [1.54, 1.807) is 0 Å². The van der Waals surface area contributed by atoms with Gasteiger partial charge in [-0.3, -0.25) is 4.57 Å². The second-order valence-corrected chi connectivity index (χ2v) is 13.5. The van der Waals surface area contributed by atoms with Crippen LogP contribution in [0.5, 0.6) is 0 Å². The van der Waals surface area contributed by atoms with Gasteiger partial charge in [-0.1, -0.05) is 114 Å². The summed E-state index contributed by atoms with van der Waals surface area (Å²) in [7, 11) is 0. The van der Waals surface area contributed by atoms with Crippen molar-refractivity contribution >= 4 is 43.6 Å². The highest BCUT2D eigenvalue weighted by Crippen LogP contribution is 2.39. The van der Waals surface area contributed by atoms with Crippen LogP contribution in [0, 0.1) is 13.8 Å². The zero-order chi connectivity index (χ0) is 34.8. The molecule has 0 saturated carbocycles. The standard InChI is InChI=1S/C47H33N5/c1-30-18-22-41-37(26-30)39-28-34(20-24-42(39)51(41)36-16-10-5-11-17-36)35-21-25-44-40(29-35)38-27-31(2)19-23-43(38)52(44)47-49-45(32-12-6-3-7-13-32)48-46(50-47)33-14-8-4-9-15-33/h3-29H,1-2H3. The number of hydrogen-bond acceptors (Lipinski definition) is 3. The Balaban J connectivity index is 1.19. The molecule has 246 valence electrons. The predicted molar refractivity (Wildman–Crippen MR) is 214 cm³/mol. The Labute approximate surface area is 301 Å². The van der Waals surface area contributed by atoms with Crippen molar-refractivity contribution in [1.82, 2.24) is 24.1 Å². The molecule has 0 atom stereocenters. The fourth-order valence-corrected chi connectivity index (χ4v) is 7.60. The number of para-hydroxylation sites is 1. The second kappa shape index (κ2) is 11.9. The van der Waals surface area contributed by atoms with E-state index in [0.29, 0.717) is 17.6 Å². The van der Waals surface area contributed by atoms with E-state index in [1.165, 1.54) is 38.5 Å². The first-order valence-electron chi connectivity index (χ1n) is 17.6. The molecule has 0 spiro atoms. The SMILES string of the molecule is Cc1ccc2c(c1)c1cc(-c3ccc4c(c3)c3cc(C)ccc3n4-c3nc(-c4ccccc4)nc(-c4ccccc4)n3)ccc1n2-c1ccccc1. The average Bonchev–Trinajstić information content (AvgIpc) is 3.70. The summed E-state index contributed by atoms with van der Waals surface area (Å²) in [5.74, 6) is 1.87. The molecule has 0 aliphatic rings. The van der Waals surface area contributed by atoms with Gasteiger partial charge in [-0.15, -0.1) is 0 Å². The molecule has 0 saturated heterocycles. The first kappa shape index (κ1) is 30.0. The molecule has 7 aromatic carbocycles. The Morgan fingerprint density at radius 1 is 0.346 bits per heavy atom. The Hall–Kier alpha value is -6.85. The van der Waals surface area contributed by atoms with Crippen LogP contribution in [0.25, 0.3) is 89.2 Å². The predicted octanol–water partition coefficient (Wildman–Crippen LogP) is 11.7. The summed E-state index contributed by atoms with van der Waals surface area (Å²) in [6, 6.07) is 57.9. The third-order valence-corrected chi connectivity index (χ3v) is 10.1. The lowest BCUT2D eigenvalue weighted by Crippen LogP contribution is -2.06. The Kier molecular flexibility index (Phi) is 6.86. The number of nitrogens with zero attached hydrogens (tertiary/aromatic N) is 5. The third-order valence-electron chi connectivity index (χ3n) is 10.1. The van der Waals surface area contributed by atoms with Crippen LogP contribution in [0.1, 0.15) is 11.1 Å². The van der Waals surface area contributed by atoms with Gasteiger partial charge in [0.25, 0.3) is 0 Å². The number of aromatic nitrogens is 5. The molecule has 0 N–H and O–H groups in total. The minimum atomic E-state index is 0.592. The highest BCUT2D eigenvalue weighted by molar-refractivity contribution is 6.12. The van der Waals surface area contributed by atoms with Gasteiger partial charge in [0, 0.05) is 38.4 Å². The maximum Gasteiger partial charge on any atom is 0.238 e. The van der Waals surface area contributed by atoms with Crippen molar-refractivity contribution in [3.05, 3.63) is 175 Å². The first-order chi connectivity index (χ1) is 25.6. The second-order valence-electron chi connectivity index (χ2n) is 13.5. The van der Waals surface area contributed by atoms with Gasteiger partial charge in [0.2, 0.25) is 5.95 Å². The molecule has 0 unspecified atom stereocenters. The molecular formula is C47H33N5. The van der Waals surface area contributed by atoms with Crippen molar-refractivity contribution < 1.29 is 0 Å². The van der Waals surface area contributed by atoms with Gasteiger partial charge in [0.15, 0.2) is 11.6 Å². The normalized spacial score (nSPS) is 11.7. The van der Waals surface area contributed by atoms with Crippen LogP contribution in [0.15, 0.2) is 164 Å². The molecule has 10 rings (SSSR count). The van der Waals surface area contributed by atoms with E-state index >= 15 is 0 Å². The fraction of sp³-hybridized carbons (Fsp3) is 0.0426. The van der Waals surface area contributed by atoms with Crippen LogP contribution >= 0.6 is 0 Å². The minimum Gasteiger partial charge on any atom is -0.309 e. The summed E-state index contributed by atoms with van der Waals surface area (Å²) in [5.41, 5.74) is 12.3. The average molecular weight is 668 g/mol. The fourth-order valence-electron chi connectivity index (χ4n) is 7.60. The van der Waals surface area contributed by atoms with Crippen molar-refractivity contribution in [2.24, 2.45) is 0 Å². The van der Waals surface area contributed by atoms with Crippen molar-refractivity contribution in [2.75, 3.05) is 0 Å². The summed E-state index contributed by atoms with van der Waals surface area (Å²) in [4.78, 5) is 15.2. The van der Waals surface area contributed by atoms with Crippen LogP contribution in [0.3, 0.4) is 0 Å². The number of rotatable bonds is 5. The molecule has 0 aliphatic heterocycles. The molecule has 0 radical (unpaired) electrons. The maximum absolute atomic E-state index is 5.11. The Bertz CT molecular complexity index is 2900. The van der Waals surface area contributed by atoms with E-state index in [0.717, 1.165) is 44.2 Å². The van der Waals surface area contributed by atoms with Gasteiger partial charge in [-0.05, 0) is 85.6 Å². The summed E-state index contributed by atoms with van der Waals surface area (Å²) in [5, 5.41) is 4.82. The molecule has 5 heteroatoms. The Morgan fingerprint density at radius 3 is 1.23 bits per heavy atom. The lowest BCUT2D eigenvalue weighted by atomic mass is 10.00. The summed E-state index contributed by atoms with van der Waals surface area (Å²) >= 11 is 0. The van der Waals surface area contributed by atoms with Gasteiger partial charge in [-0.25, -0.2) is 4.98 Å². The lowest BCUT2D eigenvalue weighted by Gasteiger charge is -2.11. The van der Waals surface area contributed by atoms with Crippen LogP contribution in [0.4, 0.5) is 0 Å². The topological polar surface area (TPSA) is 48.5 Å². The lowest BCUT2D eigenvalue weighted by molar-refractivity contribution is 0.953. The van der Waals surface area contributed by atoms with Crippen molar-refractivity contribution in [1.29, 1.82) is 0 Å². The monoisotopic (exact) mass is 667 g/mol. The van der Waals surface area contributed by atoms with Crippen LogP contribution in [-0.2, 0) is 0 Å². The Morgan fingerprint density at radius 2 is 0.750 bits per heavy atom.